The number of rotatable bonds is 6. The minimum Gasteiger partial charge on any atom is -0.411 e. The van der Waals surface area contributed by atoms with Gasteiger partial charge in [0, 0.05) is 18.4 Å². The standard InChI is InChI=1S/C21H26N4O2S/c1-13(21-8-14-5-15(9-21)7-16(6-14)10-21)23-18(26)12-28-20-25-24-19(27-20)17-3-2-4-22-11-17/h2-4,11,13-16H,5-10,12H2,1H3,(H,23,26)/t13-,14?,15?,16?,21?/m1/s1. The molecule has 7 heteroatoms. The summed E-state index contributed by atoms with van der Waals surface area (Å²) in [6, 6.07) is 3.93. The van der Waals surface area contributed by atoms with Gasteiger partial charge in [0.25, 0.3) is 5.22 Å². The van der Waals surface area contributed by atoms with E-state index in [1.165, 1.54) is 50.3 Å². The van der Waals surface area contributed by atoms with Crippen LogP contribution in [-0.4, -0.2) is 32.9 Å². The van der Waals surface area contributed by atoms with E-state index in [0.29, 0.717) is 22.3 Å². The van der Waals surface area contributed by atoms with Crippen LogP contribution < -0.4 is 5.32 Å². The summed E-state index contributed by atoms with van der Waals surface area (Å²) in [6.45, 7) is 2.21. The zero-order valence-corrected chi connectivity index (χ0v) is 17.0. The molecule has 6 rings (SSSR count). The van der Waals surface area contributed by atoms with Crippen molar-refractivity contribution < 1.29 is 9.21 Å². The predicted octanol–water partition coefficient (Wildman–Crippen LogP) is 3.94. The number of hydrogen-bond donors (Lipinski definition) is 1. The molecule has 6 nitrogen and oxygen atoms in total. The zero-order valence-electron chi connectivity index (χ0n) is 16.1. The van der Waals surface area contributed by atoms with Crippen LogP contribution in [0, 0.1) is 23.2 Å². The highest BCUT2D eigenvalue weighted by molar-refractivity contribution is 7.99. The van der Waals surface area contributed by atoms with Crippen molar-refractivity contribution in [3.05, 3.63) is 24.5 Å². The number of nitrogens with one attached hydrogen (secondary N) is 1. The topological polar surface area (TPSA) is 80.9 Å². The van der Waals surface area contributed by atoms with Crippen molar-refractivity contribution in [1.82, 2.24) is 20.5 Å². The van der Waals surface area contributed by atoms with Gasteiger partial charge in [-0.25, -0.2) is 0 Å². The first-order valence-electron chi connectivity index (χ1n) is 10.3. The van der Waals surface area contributed by atoms with E-state index in [0.717, 1.165) is 23.3 Å². The van der Waals surface area contributed by atoms with Gasteiger partial charge in [-0.1, -0.05) is 11.8 Å². The summed E-state index contributed by atoms with van der Waals surface area (Å²) in [5.41, 5.74) is 1.11. The first-order valence-corrected chi connectivity index (χ1v) is 11.2. The molecule has 4 aliphatic carbocycles. The molecule has 1 atom stereocenters. The van der Waals surface area contributed by atoms with Crippen LogP contribution in [0.5, 0.6) is 0 Å². The van der Waals surface area contributed by atoms with Crippen LogP contribution in [0.25, 0.3) is 11.5 Å². The number of carbonyl (C=O) groups is 1. The Morgan fingerprint density at radius 1 is 1.25 bits per heavy atom. The zero-order chi connectivity index (χ0) is 19.1. The Morgan fingerprint density at radius 3 is 2.61 bits per heavy atom. The number of hydrogen-bond acceptors (Lipinski definition) is 6. The molecule has 0 spiro atoms. The van der Waals surface area contributed by atoms with Gasteiger partial charge in [0.1, 0.15) is 0 Å². The molecule has 4 fully saturated rings. The van der Waals surface area contributed by atoms with Crippen LogP contribution in [0.3, 0.4) is 0 Å². The second kappa shape index (κ2) is 7.17. The van der Waals surface area contributed by atoms with E-state index in [1.807, 2.05) is 12.1 Å². The van der Waals surface area contributed by atoms with E-state index in [4.69, 9.17) is 4.42 Å². The monoisotopic (exact) mass is 398 g/mol. The van der Waals surface area contributed by atoms with Gasteiger partial charge >= 0.3 is 0 Å². The fraction of sp³-hybridized carbons (Fsp3) is 0.619. The fourth-order valence-electron chi connectivity index (χ4n) is 6.15. The molecule has 4 saturated carbocycles. The number of aromatic nitrogens is 3. The average Bonchev–Trinajstić information content (AvgIpc) is 3.15. The van der Waals surface area contributed by atoms with E-state index in [1.54, 1.807) is 12.4 Å². The Bertz CT molecular complexity index is 818. The Kier molecular flexibility index (Phi) is 4.65. The summed E-state index contributed by atoms with van der Waals surface area (Å²) in [4.78, 5) is 16.6. The third-order valence-electron chi connectivity index (χ3n) is 7.02. The summed E-state index contributed by atoms with van der Waals surface area (Å²) >= 11 is 1.29. The third kappa shape index (κ3) is 3.45. The minimum absolute atomic E-state index is 0.0503. The van der Waals surface area contributed by atoms with Crippen LogP contribution in [-0.2, 0) is 4.79 Å². The van der Waals surface area contributed by atoms with Crippen molar-refractivity contribution in [3.8, 4) is 11.5 Å². The number of carbonyl (C=O) groups excluding carboxylic acids is 1. The largest absolute Gasteiger partial charge is 0.411 e. The maximum atomic E-state index is 12.6. The van der Waals surface area contributed by atoms with Crippen LogP contribution in [0.15, 0.2) is 34.2 Å². The van der Waals surface area contributed by atoms with Crippen molar-refractivity contribution in [2.75, 3.05) is 5.75 Å². The quantitative estimate of drug-likeness (QED) is 0.742. The Labute approximate surface area is 169 Å². The molecule has 0 saturated heterocycles. The van der Waals surface area contributed by atoms with Crippen LogP contribution in [0.4, 0.5) is 0 Å². The fourth-order valence-corrected chi connectivity index (χ4v) is 6.72. The molecule has 1 N–H and O–H groups in total. The smallest absolute Gasteiger partial charge is 0.277 e. The highest BCUT2D eigenvalue weighted by atomic mass is 32.2. The van der Waals surface area contributed by atoms with Crippen molar-refractivity contribution in [1.29, 1.82) is 0 Å². The highest BCUT2D eigenvalue weighted by Crippen LogP contribution is 2.61. The maximum absolute atomic E-state index is 12.6. The number of pyridine rings is 1. The molecule has 0 aromatic carbocycles. The molecule has 0 radical (unpaired) electrons. The lowest BCUT2D eigenvalue weighted by Crippen LogP contribution is -2.56. The van der Waals surface area contributed by atoms with E-state index in [2.05, 4.69) is 27.4 Å². The van der Waals surface area contributed by atoms with E-state index in [-0.39, 0.29) is 11.9 Å². The van der Waals surface area contributed by atoms with Crippen molar-refractivity contribution >= 4 is 17.7 Å². The molecule has 4 bridgehead atoms. The number of amides is 1. The van der Waals surface area contributed by atoms with Gasteiger partial charge in [0.15, 0.2) is 0 Å². The molecule has 0 unspecified atom stereocenters. The van der Waals surface area contributed by atoms with Gasteiger partial charge in [-0.15, -0.1) is 10.2 Å². The Morgan fingerprint density at radius 2 is 1.96 bits per heavy atom. The predicted molar refractivity (Wildman–Crippen MR) is 106 cm³/mol. The van der Waals surface area contributed by atoms with Gasteiger partial charge in [-0.2, -0.15) is 0 Å². The lowest BCUT2D eigenvalue weighted by Gasteiger charge is -2.59. The molecule has 4 aliphatic rings. The first-order chi connectivity index (χ1) is 13.6. The van der Waals surface area contributed by atoms with E-state index >= 15 is 0 Å². The van der Waals surface area contributed by atoms with Gasteiger partial charge < -0.3 is 9.73 Å². The first kappa shape index (κ1) is 18.2. The van der Waals surface area contributed by atoms with Crippen molar-refractivity contribution in [3.63, 3.8) is 0 Å². The number of thioether (sulfide) groups is 1. The summed E-state index contributed by atoms with van der Waals surface area (Å²) in [7, 11) is 0. The van der Waals surface area contributed by atoms with Gasteiger partial charge in [-0.05, 0) is 80.8 Å². The van der Waals surface area contributed by atoms with E-state index in [9.17, 15) is 4.79 Å². The third-order valence-corrected chi connectivity index (χ3v) is 7.84. The molecule has 0 aliphatic heterocycles. The second-order valence-electron chi connectivity index (χ2n) is 8.97. The van der Waals surface area contributed by atoms with Crippen LogP contribution in [0.2, 0.25) is 0 Å². The van der Waals surface area contributed by atoms with Crippen LogP contribution >= 0.6 is 11.8 Å². The molecule has 148 valence electrons. The van der Waals surface area contributed by atoms with Gasteiger partial charge in [0.2, 0.25) is 11.8 Å². The molecule has 28 heavy (non-hydrogen) atoms. The van der Waals surface area contributed by atoms with E-state index < -0.39 is 0 Å². The summed E-state index contributed by atoms with van der Waals surface area (Å²) < 4.78 is 5.65. The molecule has 2 aromatic heterocycles. The van der Waals surface area contributed by atoms with Crippen molar-refractivity contribution in [2.24, 2.45) is 23.2 Å². The molecule has 2 aromatic rings. The molecule has 2 heterocycles. The molecular formula is C21H26N4O2S. The summed E-state index contributed by atoms with van der Waals surface area (Å²) in [6.07, 6.45) is 11.5. The maximum Gasteiger partial charge on any atom is 0.277 e. The Hall–Kier alpha value is -1.89. The number of nitrogens with zero attached hydrogens (tertiary/aromatic N) is 3. The normalized spacial score (nSPS) is 31.7. The second-order valence-corrected chi connectivity index (χ2v) is 9.90. The average molecular weight is 399 g/mol. The summed E-state index contributed by atoms with van der Waals surface area (Å²) in [5.74, 6) is 3.45. The minimum atomic E-state index is 0.0503. The summed E-state index contributed by atoms with van der Waals surface area (Å²) in [5, 5.41) is 11.8. The van der Waals surface area contributed by atoms with Crippen LogP contribution in [0.1, 0.15) is 45.4 Å². The van der Waals surface area contributed by atoms with Gasteiger partial charge in [-0.3, -0.25) is 9.78 Å². The molecular weight excluding hydrogens is 372 g/mol. The lowest BCUT2D eigenvalue weighted by atomic mass is 9.48. The lowest BCUT2D eigenvalue weighted by molar-refractivity contribution is -0.123. The highest BCUT2D eigenvalue weighted by Gasteiger charge is 2.53. The molecule has 1 amide bonds. The Balaban J connectivity index is 1.17. The van der Waals surface area contributed by atoms with Gasteiger partial charge in [0.05, 0.1) is 11.3 Å². The SMILES string of the molecule is C[C@@H](NC(=O)CSc1nnc(-c2cccnc2)o1)C12CC3CC(CC(C3)C1)C2. The van der Waals surface area contributed by atoms with Crippen molar-refractivity contribution in [2.45, 2.75) is 56.7 Å².